The number of nitrogens with zero attached hydrogens (tertiary/aromatic N) is 1. The lowest BCUT2D eigenvalue weighted by atomic mass is 10.1. The van der Waals surface area contributed by atoms with Gasteiger partial charge in [-0.15, -0.1) is 0 Å². The van der Waals surface area contributed by atoms with Gasteiger partial charge in [-0.1, -0.05) is 37.3 Å². The second-order valence-corrected chi connectivity index (χ2v) is 5.69. The number of aryl methyl sites for hydroxylation is 2. The van der Waals surface area contributed by atoms with E-state index in [4.69, 9.17) is 10.00 Å². The molecule has 0 saturated carbocycles. The van der Waals surface area contributed by atoms with E-state index in [2.05, 4.69) is 5.32 Å². The van der Waals surface area contributed by atoms with Gasteiger partial charge in [0.25, 0.3) is 5.91 Å². The van der Waals surface area contributed by atoms with Crippen molar-refractivity contribution in [2.75, 3.05) is 11.9 Å². The number of carbonyl (C=O) groups excluding carboxylic acids is 2. The molecule has 5 nitrogen and oxygen atoms in total. The van der Waals surface area contributed by atoms with Gasteiger partial charge in [0.15, 0.2) is 6.61 Å². The van der Waals surface area contributed by atoms with Crippen molar-refractivity contribution in [3.63, 3.8) is 0 Å². The van der Waals surface area contributed by atoms with E-state index in [-0.39, 0.29) is 12.5 Å². The van der Waals surface area contributed by atoms with Crippen molar-refractivity contribution in [3.8, 4) is 6.07 Å². The Labute approximate surface area is 152 Å². The normalized spacial score (nSPS) is 10.3. The minimum atomic E-state index is -0.606. The molecule has 5 heteroatoms. The Balaban J connectivity index is 1.88. The first-order valence-corrected chi connectivity index (χ1v) is 8.26. The van der Waals surface area contributed by atoms with Crippen LogP contribution >= 0.6 is 0 Å². The van der Waals surface area contributed by atoms with E-state index in [0.717, 1.165) is 28.8 Å². The van der Waals surface area contributed by atoms with E-state index < -0.39 is 5.97 Å². The molecule has 0 atom stereocenters. The first-order chi connectivity index (χ1) is 12.5. The molecule has 1 N–H and O–H groups in total. The van der Waals surface area contributed by atoms with E-state index in [0.29, 0.717) is 5.56 Å². The zero-order valence-electron chi connectivity index (χ0n) is 14.8. The minimum Gasteiger partial charge on any atom is -0.452 e. The van der Waals surface area contributed by atoms with Gasteiger partial charge >= 0.3 is 5.97 Å². The van der Waals surface area contributed by atoms with Gasteiger partial charge in [-0.25, -0.2) is 4.79 Å². The fraction of sp³-hybridized carbons (Fsp3) is 0.190. The SMILES string of the molecule is CCc1cccc(C)c1NC(=O)COC(=O)/C=C/c1ccc(C#N)cc1. The van der Waals surface area contributed by atoms with E-state index >= 15 is 0 Å². The number of anilines is 1. The second-order valence-electron chi connectivity index (χ2n) is 5.69. The van der Waals surface area contributed by atoms with Crippen molar-refractivity contribution in [1.29, 1.82) is 5.26 Å². The van der Waals surface area contributed by atoms with Crippen LogP contribution in [0.5, 0.6) is 0 Å². The number of nitriles is 1. The minimum absolute atomic E-state index is 0.353. The maximum absolute atomic E-state index is 12.0. The van der Waals surface area contributed by atoms with Crippen LogP contribution in [0.1, 0.15) is 29.2 Å². The molecule has 2 aromatic carbocycles. The molecule has 2 rings (SSSR count). The molecule has 0 radical (unpaired) electrons. The van der Waals surface area contributed by atoms with Gasteiger partial charge in [0.05, 0.1) is 11.6 Å². The summed E-state index contributed by atoms with van der Waals surface area (Å²) in [6.07, 6.45) is 3.61. The molecule has 0 fully saturated rings. The first kappa shape index (κ1) is 18.9. The summed E-state index contributed by atoms with van der Waals surface area (Å²) in [4.78, 5) is 23.8. The van der Waals surface area contributed by atoms with Crippen LogP contribution in [0.15, 0.2) is 48.5 Å². The third-order valence-electron chi connectivity index (χ3n) is 3.80. The van der Waals surface area contributed by atoms with E-state index in [1.165, 1.54) is 6.08 Å². The number of benzene rings is 2. The largest absolute Gasteiger partial charge is 0.452 e. The first-order valence-electron chi connectivity index (χ1n) is 8.26. The number of esters is 1. The third-order valence-corrected chi connectivity index (χ3v) is 3.80. The highest BCUT2D eigenvalue weighted by molar-refractivity contribution is 5.95. The average Bonchev–Trinajstić information content (AvgIpc) is 2.66. The number of hydrogen-bond donors (Lipinski definition) is 1. The number of carbonyl (C=O) groups is 2. The topological polar surface area (TPSA) is 79.2 Å². The molecular weight excluding hydrogens is 328 g/mol. The summed E-state index contributed by atoms with van der Waals surface area (Å²) in [7, 11) is 0. The van der Waals surface area contributed by atoms with E-state index in [9.17, 15) is 9.59 Å². The summed E-state index contributed by atoms with van der Waals surface area (Å²) in [6.45, 7) is 3.58. The molecule has 0 unspecified atom stereocenters. The monoisotopic (exact) mass is 348 g/mol. The lowest BCUT2D eigenvalue weighted by Gasteiger charge is -2.12. The summed E-state index contributed by atoms with van der Waals surface area (Å²) in [5.74, 6) is -0.987. The Morgan fingerprint density at radius 1 is 1.19 bits per heavy atom. The van der Waals surface area contributed by atoms with Crippen molar-refractivity contribution in [2.24, 2.45) is 0 Å². The highest BCUT2D eigenvalue weighted by Gasteiger charge is 2.10. The van der Waals surface area contributed by atoms with Crippen LogP contribution in [0, 0.1) is 18.3 Å². The maximum atomic E-state index is 12.0. The zero-order chi connectivity index (χ0) is 18.9. The standard InChI is InChI=1S/C21H20N2O3/c1-3-18-6-4-5-15(2)21(18)23-19(24)14-26-20(25)12-11-16-7-9-17(13-22)10-8-16/h4-12H,3,14H2,1-2H3,(H,23,24)/b12-11+. The number of nitrogens with one attached hydrogen (secondary N) is 1. The third kappa shape index (κ3) is 5.32. The maximum Gasteiger partial charge on any atom is 0.331 e. The number of amides is 1. The van der Waals surface area contributed by atoms with Crippen LogP contribution in [0.4, 0.5) is 5.69 Å². The van der Waals surface area contributed by atoms with Gasteiger partial charge in [-0.05, 0) is 48.2 Å². The van der Waals surface area contributed by atoms with E-state index in [1.54, 1.807) is 30.3 Å². The van der Waals surface area contributed by atoms with Gasteiger partial charge in [0.1, 0.15) is 0 Å². The Morgan fingerprint density at radius 2 is 1.92 bits per heavy atom. The lowest BCUT2D eigenvalue weighted by molar-refractivity contribution is -0.142. The van der Waals surface area contributed by atoms with Crippen molar-refractivity contribution in [3.05, 3.63) is 70.8 Å². The van der Waals surface area contributed by atoms with Crippen LogP contribution in [0.2, 0.25) is 0 Å². The fourth-order valence-electron chi connectivity index (χ4n) is 2.40. The number of ether oxygens (including phenoxy) is 1. The highest BCUT2D eigenvalue weighted by Crippen LogP contribution is 2.20. The number of rotatable bonds is 6. The molecule has 0 heterocycles. The van der Waals surface area contributed by atoms with Gasteiger partial charge < -0.3 is 10.1 Å². The molecule has 0 saturated heterocycles. The second kappa shape index (κ2) is 9.19. The zero-order valence-corrected chi connectivity index (χ0v) is 14.8. The molecule has 0 aliphatic heterocycles. The van der Waals surface area contributed by atoms with Gasteiger partial charge in [-0.2, -0.15) is 5.26 Å². The van der Waals surface area contributed by atoms with Crippen LogP contribution in [-0.4, -0.2) is 18.5 Å². The molecule has 1 amide bonds. The van der Waals surface area contributed by atoms with Crippen LogP contribution in [-0.2, 0) is 20.7 Å². The van der Waals surface area contributed by atoms with E-state index in [1.807, 2.05) is 38.1 Å². The molecule has 0 aromatic heterocycles. The quantitative estimate of drug-likeness (QED) is 0.639. The summed E-state index contributed by atoms with van der Waals surface area (Å²) in [5.41, 5.74) is 4.07. The molecule has 0 aliphatic rings. The highest BCUT2D eigenvalue weighted by atomic mass is 16.5. The van der Waals surface area contributed by atoms with Crippen molar-refractivity contribution in [2.45, 2.75) is 20.3 Å². The Kier molecular flexibility index (Phi) is 6.69. The molecule has 0 aliphatic carbocycles. The van der Waals surface area contributed by atoms with Crippen LogP contribution in [0.3, 0.4) is 0 Å². The predicted molar refractivity (Wildman–Crippen MR) is 100 cm³/mol. The summed E-state index contributed by atoms with van der Waals surface area (Å²) in [6, 6.07) is 14.6. The van der Waals surface area contributed by atoms with Crippen LogP contribution < -0.4 is 5.32 Å². The van der Waals surface area contributed by atoms with Gasteiger partial charge in [0.2, 0.25) is 0 Å². The van der Waals surface area contributed by atoms with Crippen LogP contribution in [0.25, 0.3) is 6.08 Å². The molecule has 2 aromatic rings. The van der Waals surface area contributed by atoms with Crippen molar-refractivity contribution in [1.82, 2.24) is 0 Å². The summed E-state index contributed by atoms with van der Waals surface area (Å²) >= 11 is 0. The molecule has 0 spiro atoms. The molecule has 26 heavy (non-hydrogen) atoms. The summed E-state index contributed by atoms with van der Waals surface area (Å²) < 4.78 is 4.97. The Bertz CT molecular complexity index is 862. The average molecular weight is 348 g/mol. The Morgan fingerprint density at radius 3 is 2.58 bits per heavy atom. The fourth-order valence-corrected chi connectivity index (χ4v) is 2.40. The molecular formula is C21H20N2O3. The Hall–Kier alpha value is -3.39. The van der Waals surface area contributed by atoms with Crippen molar-refractivity contribution < 1.29 is 14.3 Å². The number of hydrogen-bond acceptors (Lipinski definition) is 4. The lowest BCUT2D eigenvalue weighted by Crippen LogP contribution is -2.21. The van der Waals surface area contributed by atoms with Gasteiger partial charge in [-0.3, -0.25) is 4.79 Å². The number of para-hydroxylation sites is 1. The smallest absolute Gasteiger partial charge is 0.331 e. The van der Waals surface area contributed by atoms with Crippen molar-refractivity contribution >= 4 is 23.6 Å². The summed E-state index contributed by atoms with van der Waals surface area (Å²) in [5, 5.41) is 11.5. The molecule has 0 bridgehead atoms. The molecule has 132 valence electrons. The van der Waals surface area contributed by atoms with Gasteiger partial charge in [0, 0.05) is 11.8 Å². The predicted octanol–water partition coefficient (Wildman–Crippen LogP) is 3.62.